The summed E-state index contributed by atoms with van der Waals surface area (Å²) in [4.78, 5) is 20.8. The predicted molar refractivity (Wildman–Crippen MR) is 48.8 cm³/mol. The molecule has 0 heterocycles. The van der Waals surface area contributed by atoms with Gasteiger partial charge in [-0.3, -0.25) is 13.8 Å². The van der Waals surface area contributed by atoms with Crippen molar-refractivity contribution in [2.75, 3.05) is 18.6 Å². The molecule has 0 aliphatic carbocycles. The van der Waals surface area contributed by atoms with Crippen LogP contribution in [0.15, 0.2) is 0 Å². The van der Waals surface area contributed by atoms with Crippen molar-refractivity contribution in [2.24, 2.45) is 0 Å². The van der Waals surface area contributed by atoms with E-state index in [1.165, 1.54) is 7.05 Å². The third-order valence-corrected chi connectivity index (χ3v) is 2.70. The molecule has 1 unspecified atom stereocenters. The summed E-state index contributed by atoms with van der Waals surface area (Å²) < 4.78 is 11.0. The van der Waals surface area contributed by atoms with Crippen LogP contribution in [0.25, 0.3) is 0 Å². The Morgan fingerprint density at radius 1 is 1.31 bits per heavy atom. The molecule has 0 aromatic carbocycles. The Hall–Kier alpha value is -0.910. The highest BCUT2D eigenvalue weighted by Gasteiger charge is 2.06. The molecule has 0 saturated heterocycles. The Balaban J connectivity index is 3.52. The molecule has 76 valence electrons. The number of amides is 1. The molecule has 0 aromatic rings. The number of carbonyl (C=O) groups excluding carboxylic acids is 1. The first-order chi connectivity index (χ1) is 6.06. The van der Waals surface area contributed by atoms with Crippen molar-refractivity contribution in [3.8, 4) is 0 Å². The second-order valence-corrected chi connectivity index (χ2v) is 4.11. The average Bonchev–Trinajstić information content (AvgIpc) is 2.10. The number of carboxylic acids is 1. The van der Waals surface area contributed by atoms with Gasteiger partial charge in [-0.15, -0.1) is 0 Å². The van der Waals surface area contributed by atoms with Gasteiger partial charge < -0.3 is 10.4 Å². The molecular formula is C7H13NO4S. The highest BCUT2D eigenvalue weighted by molar-refractivity contribution is 7.85. The fraction of sp³-hybridized carbons (Fsp3) is 0.714. The molecule has 0 rings (SSSR count). The van der Waals surface area contributed by atoms with Crippen LogP contribution in [0.3, 0.4) is 0 Å². The summed E-state index contributed by atoms with van der Waals surface area (Å²) in [6, 6.07) is 0. The molecule has 0 aliphatic heterocycles. The summed E-state index contributed by atoms with van der Waals surface area (Å²) in [6.07, 6.45) is 0.0725. The van der Waals surface area contributed by atoms with Crippen LogP contribution in [-0.4, -0.2) is 39.7 Å². The summed E-state index contributed by atoms with van der Waals surface area (Å²) in [7, 11) is 0.298. The lowest BCUT2D eigenvalue weighted by atomic mass is 10.5. The molecule has 1 atom stereocenters. The van der Waals surface area contributed by atoms with Crippen LogP contribution < -0.4 is 5.32 Å². The van der Waals surface area contributed by atoms with E-state index >= 15 is 0 Å². The summed E-state index contributed by atoms with van der Waals surface area (Å²) in [5.41, 5.74) is 0. The number of carbonyl (C=O) groups is 2. The van der Waals surface area contributed by atoms with Crippen LogP contribution in [-0.2, 0) is 20.4 Å². The molecule has 13 heavy (non-hydrogen) atoms. The maximum atomic E-state index is 11.0. The van der Waals surface area contributed by atoms with Gasteiger partial charge in [0.2, 0.25) is 5.91 Å². The van der Waals surface area contributed by atoms with E-state index in [1.807, 2.05) is 0 Å². The first kappa shape index (κ1) is 12.1. The van der Waals surface area contributed by atoms with Crippen LogP contribution >= 0.6 is 0 Å². The van der Waals surface area contributed by atoms with Gasteiger partial charge in [0, 0.05) is 35.8 Å². The summed E-state index contributed by atoms with van der Waals surface area (Å²) >= 11 is 0. The number of aliphatic carboxylic acids is 1. The van der Waals surface area contributed by atoms with Crippen molar-refractivity contribution < 1.29 is 18.9 Å². The Bertz CT molecular complexity index is 217. The van der Waals surface area contributed by atoms with Gasteiger partial charge in [0.1, 0.15) is 0 Å². The van der Waals surface area contributed by atoms with E-state index in [2.05, 4.69) is 5.32 Å². The molecule has 1 amide bonds. The second kappa shape index (κ2) is 6.59. The molecule has 2 N–H and O–H groups in total. The lowest BCUT2D eigenvalue weighted by molar-refractivity contribution is -0.136. The van der Waals surface area contributed by atoms with Crippen LogP contribution in [0.5, 0.6) is 0 Å². The van der Waals surface area contributed by atoms with Gasteiger partial charge in [0.05, 0.1) is 6.42 Å². The van der Waals surface area contributed by atoms with Crippen molar-refractivity contribution in [2.45, 2.75) is 12.8 Å². The predicted octanol–water partition coefficient (Wildman–Crippen LogP) is -0.654. The highest BCUT2D eigenvalue weighted by atomic mass is 32.2. The van der Waals surface area contributed by atoms with E-state index in [4.69, 9.17) is 5.11 Å². The van der Waals surface area contributed by atoms with E-state index in [1.54, 1.807) is 0 Å². The lowest BCUT2D eigenvalue weighted by Crippen LogP contribution is -2.20. The molecule has 5 nitrogen and oxygen atoms in total. The highest BCUT2D eigenvalue weighted by Crippen LogP contribution is 1.91. The normalized spacial score (nSPS) is 12.1. The van der Waals surface area contributed by atoms with Crippen molar-refractivity contribution >= 4 is 22.7 Å². The number of rotatable bonds is 6. The van der Waals surface area contributed by atoms with E-state index in [-0.39, 0.29) is 30.3 Å². The zero-order valence-corrected chi connectivity index (χ0v) is 8.23. The molecule has 0 radical (unpaired) electrons. The Morgan fingerprint density at radius 2 is 1.85 bits per heavy atom. The van der Waals surface area contributed by atoms with Crippen molar-refractivity contribution in [1.82, 2.24) is 5.32 Å². The average molecular weight is 207 g/mol. The zero-order valence-electron chi connectivity index (χ0n) is 7.41. The fourth-order valence-electron chi connectivity index (χ4n) is 0.635. The minimum absolute atomic E-state index is 0.111. The van der Waals surface area contributed by atoms with Crippen molar-refractivity contribution in [3.63, 3.8) is 0 Å². The van der Waals surface area contributed by atoms with Gasteiger partial charge in [-0.25, -0.2) is 0 Å². The fourth-order valence-corrected chi connectivity index (χ4v) is 1.65. The van der Waals surface area contributed by atoms with Crippen molar-refractivity contribution in [1.29, 1.82) is 0 Å². The van der Waals surface area contributed by atoms with Gasteiger partial charge in [-0.2, -0.15) is 0 Å². The molecule has 0 spiro atoms. The van der Waals surface area contributed by atoms with E-state index < -0.39 is 16.8 Å². The quantitative estimate of drug-likeness (QED) is 0.606. The smallest absolute Gasteiger partial charge is 0.304 e. The first-order valence-electron chi connectivity index (χ1n) is 3.83. The largest absolute Gasteiger partial charge is 0.481 e. The summed E-state index contributed by atoms with van der Waals surface area (Å²) in [5.74, 6) is -0.795. The van der Waals surface area contributed by atoms with E-state index in [0.717, 1.165) is 0 Å². The first-order valence-corrected chi connectivity index (χ1v) is 5.32. The van der Waals surface area contributed by atoms with E-state index in [9.17, 15) is 13.8 Å². The molecule has 0 bridgehead atoms. The Labute approximate surface area is 79.0 Å². The maximum absolute atomic E-state index is 11.0. The number of hydrogen-bond donors (Lipinski definition) is 2. The van der Waals surface area contributed by atoms with Gasteiger partial charge >= 0.3 is 5.97 Å². The number of hydrogen-bond acceptors (Lipinski definition) is 3. The molecular weight excluding hydrogens is 194 g/mol. The molecule has 0 fully saturated rings. The second-order valence-electron chi connectivity index (χ2n) is 2.41. The van der Waals surface area contributed by atoms with Gasteiger partial charge in [-0.05, 0) is 0 Å². The molecule has 0 aromatic heterocycles. The van der Waals surface area contributed by atoms with Crippen LogP contribution in [0.4, 0.5) is 0 Å². The lowest BCUT2D eigenvalue weighted by Gasteiger charge is -1.99. The van der Waals surface area contributed by atoms with Crippen LogP contribution in [0.2, 0.25) is 0 Å². The number of nitrogens with one attached hydrogen (secondary N) is 1. The Morgan fingerprint density at radius 3 is 2.31 bits per heavy atom. The standard InChI is InChI=1S/C7H13NO4S/c1-8-6(9)2-4-13(12)5-3-7(10)11/h2-5H2,1H3,(H,8,9)(H,10,11). The molecule has 6 heteroatoms. The molecule has 0 aliphatic rings. The minimum atomic E-state index is -1.20. The van der Waals surface area contributed by atoms with Crippen LogP contribution in [0, 0.1) is 0 Å². The van der Waals surface area contributed by atoms with Gasteiger partial charge in [-0.1, -0.05) is 0 Å². The summed E-state index contributed by atoms with van der Waals surface area (Å²) in [5, 5.41) is 10.7. The minimum Gasteiger partial charge on any atom is -0.481 e. The van der Waals surface area contributed by atoms with Gasteiger partial charge in [0.15, 0.2) is 0 Å². The third kappa shape index (κ3) is 7.45. The maximum Gasteiger partial charge on any atom is 0.304 e. The van der Waals surface area contributed by atoms with Crippen molar-refractivity contribution in [3.05, 3.63) is 0 Å². The zero-order chi connectivity index (χ0) is 10.3. The Kier molecular flexibility index (Phi) is 6.13. The summed E-state index contributed by atoms with van der Waals surface area (Å²) in [6.45, 7) is 0. The topological polar surface area (TPSA) is 83.5 Å². The third-order valence-electron chi connectivity index (χ3n) is 1.38. The monoisotopic (exact) mass is 207 g/mol. The number of carboxylic acid groups (broad SMARTS) is 1. The van der Waals surface area contributed by atoms with Gasteiger partial charge in [0.25, 0.3) is 0 Å². The van der Waals surface area contributed by atoms with E-state index in [0.29, 0.717) is 0 Å². The molecule has 0 saturated carbocycles. The SMILES string of the molecule is CNC(=O)CCS(=O)CCC(=O)O. The van der Waals surface area contributed by atoms with Crippen LogP contribution in [0.1, 0.15) is 12.8 Å².